The number of hydrogen-bond donors (Lipinski definition) is 3. The molecule has 0 aliphatic rings. The van der Waals surface area contributed by atoms with Crippen molar-refractivity contribution in [1.82, 2.24) is 4.57 Å². The number of nitrogens with zero attached hydrogens (tertiary/aromatic N) is 1. The summed E-state index contributed by atoms with van der Waals surface area (Å²) < 4.78 is 1.40. The lowest BCUT2D eigenvalue weighted by atomic mass is 10.0. The Bertz CT molecular complexity index is 1280. The number of carbonyl (C=O) groups is 1. The molecule has 1 atom stereocenters. The average Bonchev–Trinajstić information content (AvgIpc) is 3.27. The van der Waals surface area contributed by atoms with Crippen LogP contribution in [0.2, 0.25) is 0 Å². The van der Waals surface area contributed by atoms with E-state index in [1.807, 2.05) is 29.6 Å². The Hall–Kier alpha value is -3.58. The van der Waals surface area contributed by atoms with Gasteiger partial charge in [0.15, 0.2) is 5.78 Å². The molecule has 2 heterocycles. The van der Waals surface area contributed by atoms with Crippen LogP contribution in [0.3, 0.4) is 0 Å². The zero-order chi connectivity index (χ0) is 21.3. The predicted octanol–water partition coefficient (Wildman–Crippen LogP) is 4.31. The molecule has 4 N–H and O–H groups in total. The van der Waals surface area contributed by atoms with E-state index in [9.17, 15) is 14.7 Å². The van der Waals surface area contributed by atoms with E-state index in [0.29, 0.717) is 16.6 Å². The van der Waals surface area contributed by atoms with E-state index < -0.39 is 11.3 Å². The molecule has 0 saturated heterocycles. The quantitative estimate of drug-likeness (QED) is 0.320. The van der Waals surface area contributed by atoms with Crippen LogP contribution in [0.15, 0.2) is 70.8 Å². The number of ketones is 1. The van der Waals surface area contributed by atoms with Crippen LogP contribution in [0.25, 0.3) is 10.9 Å². The highest BCUT2D eigenvalue weighted by Crippen LogP contribution is 2.31. The fourth-order valence-corrected chi connectivity index (χ4v) is 4.34. The molecule has 6 nitrogen and oxygen atoms in total. The van der Waals surface area contributed by atoms with E-state index in [1.165, 1.54) is 15.9 Å². The molecule has 7 heteroatoms. The van der Waals surface area contributed by atoms with Gasteiger partial charge in [0.1, 0.15) is 11.3 Å². The Labute approximate surface area is 177 Å². The van der Waals surface area contributed by atoms with Crippen molar-refractivity contribution >= 4 is 39.4 Å². The molecule has 0 fully saturated rings. The SMILES string of the molecule is Cn1c(=O)c(C(=O)C[C@@H](Nc2cccc(N)c2)c2cccs2)c(O)c2ccccc21. The van der Waals surface area contributed by atoms with Crippen LogP contribution in [0.1, 0.15) is 27.7 Å². The largest absolute Gasteiger partial charge is 0.506 e. The number of nitrogen functional groups attached to an aromatic ring is 1. The number of thiophene rings is 1. The highest BCUT2D eigenvalue weighted by Gasteiger charge is 2.25. The summed E-state index contributed by atoms with van der Waals surface area (Å²) in [5, 5.41) is 16.5. The summed E-state index contributed by atoms with van der Waals surface area (Å²) in [6.07, 6.45) is 0.0104. The van der Waals surface area contributed by atoms with Crippen LogP contribution >= 0.6 is 11.3 Å². The number of benzene rings is 2. The average molecular weight is 420 g/mol. The summed E-state index contributed by atoms with van der Waals surface area (Å²) in [5.41, 5.74) is 7.13. The number of hydrogen-bond acceptors (Lipinski definition) is 6. The summed E-state index contributed by atoms with van der Waals surface area (Å²) in [5.74, 6) is -0.693. The Balaban J connectivity index is 1.72. The third-order valence-corrected chi connectivity index (χ3v) is 6.04. The molecule has 0 unspecified atom stereocenters. The predicted molar refractivity (Wildman–Crippen MR) is 121 cm³/mol. The number of aromatic nitrogens is 1. The third kappa shape index (κ3) is 3.67. The molecule has 0 amide bonds. The molecule has 30 heavy (non-hydrogen) atoms. The Morgan fingerprint density at radius 2 is 1.97 bits per heavy atom. The molecule has 0 saturated carbocycles. The van der Waals surface area contributed by atoms with E-state index >= 15 is 0 Å². The molecule has 152 valence electrons. The van der Waals surface area contributed by atoms with E-state index in [0.717, 1.165) is 10.6 Å². The lowest BCUT2D eigenvalue weighted by Gasteiger charge is -2.19. The minimum absolute atomic E-state index is 0.0104. The van der Waals surface area contributed by atoms with Crippen LogP contribution in [0.5, 0.6) is 5.75 Å². The Kier molecular flexibility index (Phi) is 5.29. The number of Topliss-reactive ketones (excluding diaryl/α,β-unsaturated/α-hetero) is 1. The van der Waals surface area contributed by atoms with E-state index in [-0.39, 0.29) is 23.8 Å². The molecule has 4 aromatic rings. The molecule has 0 spiro atoms. The molecule has 2 aromatic carbocycles. The van der Waals surface area contributed by atoms with Crippen molar-refractivity contribution < 1.29 is 9.90 Å². The van der Waals surface area contributed by atoms with Gasteiger partial charge in [-0.1, -0.05) is 24.3 Å². The Morgan fingerprint density at radius 1 is 1.17 bits per heavy atom. The summed E-state index contributed by atoms with van der Waals surface area (Å²) >= 11 is 1.51. The second kappa shape index (κ2) is 8.04. The zero-order valence-electron chi connectivity index (χ0n) is 16.3. The number of fused-ring (bicyclic) bond motifs is 1. The number of para-hydroxylation sites is 1. The van der Waals surface area contributed by atoms with Gasteiger partial charge in [0.25, 0.3) is 5.56 Å². The first-order valence-electron chi connectivity index (χ1n) is 9.45. The number of rotatable bonds is 6. The molecule has 2 aromatic heterocycles. The highest BCUT2D eigenvalue weighted by atomic mass is 32.1. The van der Waals surface area contributed by atoms with Crippen LogP contribution in [-0.4, -0.2) is 15.5 Å². The number of nitrogens with one attached hydrogen (secondary N) is 1. The maximum absolute atomic E-state index is 13.2. The minimum atomic E-state index is -0.509. The van der Waals surface area contributed by atoms with Gasteiger partial charge in [-0.05, 0) is 41.8 Å². The molecular formula is C23H21N3O3S. The Morgan fingerprint density at radius 3 is 2.70 bits per heavy atom. The van der Waals surface area contributed by atoms with Crippen LogP contribution in [-0.2, 0) is 7.05 Å². The second-order valence-electron chi connectivity index (χ2n) is 7.07. The lowest BCUT2D eigenvalue weighted by molar-refractivity contribution is 0.0972. The van der Waals surface area contributed by atoms with Gasteiger partial charge in [-0.25, -0.2) is 0 Å². The van der Waals surface area contributed by atoms with Crippen molar-refractivity contribution in [3.63, 3.8) is 0 Å². The third-order valence-electron chi connectivity index (χ3n) is 5.06. The number of aromatic hydroxyl groups is 1. The van der Waals surface area contributed by atoms with Crippen LogP contribution in [0.4, 0.5) is 11.4 Å². The first kappa shape index (κ1) is 19.7. The smallest absolute Gasteiger partial charge is 0.265 e. The van der Waals surface area contributed by atoms with E-state index in [2.05, 4.69) is 5.32 Å². The maximum atomic E-state index is 13.2. The molecule has 0 bridgehead atoms. The molecule has 0 aliphatic heterocycles. The van der Waals surface area contributed by atoms with Gasteiger partial charge in [-0.3, -0.25) is 9.59 Å². The van der Waals surface area contributed by atoms with Gasteiger partial charge >= 0.3 is 0 Å². The summed E-state index contributed by atoms with van der Waals surface area (Å²) in [6.45, 7) is 0. The number of nitrogens with two attached hydrogens (primary N) is 1. The number of pyridine rings is 1. The zero-order valence-corrected chi connectivity index (χ0v) is 17.1. The van der Waals surface area contributed by atoms with Crippen molar-refractivity contribution in [2.75, 3.05) is 11.1 Å². The van der Waals surface area contributed by atoms with Crippen LogP contribution < -0.4 is 16.6 Å². The number of carbonyl (C=O) groups excluding carboxylic acids is 1. The molecule has 4 rings (SSSR count). The van der Waals surface area contributed by atoms with E-state index in [4.69, 9.17) is 5.73 Å². The standard InChI is InChI=1S/C23H21N3O3S/c1-26-18-9-3-2-8-16(18)22(28)21(23(26)29)19(27)13-17(20-10-5-11-30-20)25-15-7-4-6-14(24)12-15/h2-12,17,25,28H,13,24H2,1H3/t17-/m1/s1. The second-order valence-corrected chi connectivity index (χ2v) is 8.05. The molecule has 0 aliphatic carbocycles. The lowest BCUT2D eigenvalue weighted by Crippen LogP contribution is -2.26. The van der Waals surface area contributed by atoms with Crippen molar-refractivity contribution in [3.8, 4) is 5.75 Å². The first-order chi connectivity index (χ1) is 14.5. The van der Waals surface area contributed by atoms with Crippen molar-refractivity contribution in [2.24, 2.45) is 7.05 Å². The summed E-state index contributed by atoms with van der Waals surface area (Å²) in [6, 6.07) is 17.7. The normalized spacial score (nSPS) is 12.0. The summed E-state index contributed by atoms with van der Waals surface area (Å²) in [7, 11) is 1.60. The minimum Gasteiger partial charge on any atom is -0.506 e. The van der Waals surface area contributed by atoms with Gasteiger partial charge in [0.05, 0.1) is 11.6 Å². The van der Waals surface area contributed by atoms with Gasteiger partial charge in [0, 0.05) is 35.1 Å². The topological polar surface area (TPSA) is 97.4 Å². The number of anilines is 2. The first-order valence-corrected chi connectivity index (χ1v) is 10.3. The maximum Gasteiger partial charge on any atom is 0.265 e. The van der Waals surface area contributed by atoms with Gasteiger partial charge in [-0.2, -0.15) is 0 Å². The van der Waals surface area contributed by atoms with Gasteiger partial charge in [0.2, 0.25) is 0 Å². The molecular weight excluding hydrogens is 398 g/mol. The van der Waals surface area contributed by atoms with E-state index in [1.54, 1.807) is 43.4 Å². The fraction of sp³-hybridized carbons (Fsp3) is 0.130. The van der Waals surface area contributed by atoms with Crippen molar-refractivity contribution in [3.05, 3.63) is 86.8 Å². The number of aryl methyl sites for hydroxylation is 1. The van der Waals surface area contributed by atoms with Gasteiger partial charge in [-0.15, -0.1) is 11.3 Å². The van der Waals surface area contributed by atoms with Crippen molar-refractivity contribution in [2.45, 2.75) is 12.5 Å². The monoisotopic (exact) mass is 419 g/mol. The summed E-state index contributed by atoms with van der Waals surface area (Å²) in [4.78, 5) is 27.0. The van der Waals surface area contributed by atoms with Crippen LogP contribution in [0, 0.1) is 0 Å². The fourth-order valence-electron chi connectivity index (χ4n) is 3.56. The highest BCUT2D eigenvalue weighted by molar-refractivity contribution is 7.10. The molecule has 0 radical (unpaired) electrons. The van der Waals surface area contributed by atoms with Gasteiger partial charge < -0.3 is 20.7 Å². The van der Waals surface area contributed by atoms with Crippen molar-refractivity contribution in [1.29, 1.82) is 0 Å².